The van der Waals surface area contributed by atoms with Gasteiger partial charge in [-0.15, -0.1) is 0 Å². The van der Waals surface area contributed by atoms with Crippen LogP contribution in [0.2, 0.25) is 5.02 Å². The van der Waals surface area contributed by atoms with Crippen LogP contribution in [0.15, 0.2) is 18.2 Å². The zero-order valence-corrected chi connectivity index (χ0v) is 10.9. The molecule has 0 atom stereocenters. The van der Waals surface area contributed by atoms with E-state index in [4.69, 9.17) is 11.6 Å². The topological polar surface area (TPSA) is 12.0 Å². The predicted octanol–water partition coefficient (Wildman–Crippen LogP) is 5.01. The van der Waals surface area contributed by atoms with Crippen molar-refractivity contribution >= 4 is 17.3 Å². The van der Waals surface area contributed by atoms with Crippen molar-refractivity contribution in [2.45, 2.75) is 37.9 Å². The van der Waals surface area contributed by atoms with Gasteiger partial charge in [-0.1, -0.05) is 11.6 Å². The first kappa shape index (κ1) is 14.4. The quantitative estimate of drug-likeness (QED) is 0.756. The lowest BCUT2D eigenvalue weighted by molar-refractivity contribution is -0.182. The van der Waals surface area contributed by atoms with E-state index in [9.17, 15) is 17.6 Å². The number of rotatable bonds is 2. The largest absolute Gasteiger partial charge is 0.391 e. The first-order chi connectivity index (χ1) is 8.86. The van der Waals surface area contributed by atoms with Crippen molar-refractivity contribution in [3.05, 3.63) is 29.0 Å². The van der Waals surface area contributed by atoms with Crippen LogP contribution < -0.4 is 5.32 Å². The molecule has 0 aliphatic heterocycles. The highest BCUT2D eigenvalue weighted by atomic mass is 35.5. The van der Waals surface area contributed by atoms with Gasteiger partial charge in [0.1, 0.15) is 5.82 Å². The van der Waals surface area contributed by atoms with E-state index in [1.165, 1.54) is 18.2 Å². The number of nitrogens with one attached hydrogen (secondary N) is 1. The van der Waals surface area contributed by atoms with Gasteiger partial charge in [0.15, 0.2) is 0 Å². The predicted molar refractivity (Wildman–Crippen MR) is 66.8 cm³/mol. The van der Waals surface area contributed by atoms with Crippen molar-refractivity contribution < 1.29 is 17.6 Å². The van der Waals surface area contributed by atoms with Crippen LogP contribution in [0, 0.1) is 11.7 Å². The molecule has 2 rings (SSSR count). The van der Waals surface area contributed by atoms with Gasteiger partial charge in [-0.05, 0) is 43.9 Å². The second-order valence-electron chi connectivity index (χ2n) is 4.86. The Bertz CT molecular complexity index is 439. The van der Waals surface area contributed by atoms with Crippen molar-refractivity contribution in [2.75, 3.05) is 5.32 Å². The van der Waals surface area contributed by atoms with Crippen molar-refractivity contribution in [1.82, 2.24) is 0 Å². The molecule has 0 amide bonds. The molecule has 1 aliphatic carbocycles. The van der Waals surface area contributed by atoms with Gasteiger partial charge < -0.3 is 5.32 Å². The third-order valence-corrected chi connectivity index (χ3v) is 3.81. The fourth-order valence-corrected chi connectivity index (χ4v) is 2.57. The molecule has 0 aromatic heterocycles. The highest BCUT2D eigenvalue weighted by molar-refractivity contribution is 6.33. The molecular formula is C13H14ClF4N. The summed E-state index contributed by atoms with van der Waals surface area (Å²) < 4.78 is 50.6. The number of alkyl halides is 3. The van der Waals surface area contributed by atoms with E-state index in [2.05, 4.69) is 5.32 Å². The summed E-state index contributed by atoms with van der Waals surface area (Å²) in [4.78, 5) is 0. The second-order valence-corrected chi connectivity index (χ2v) is 5.27. The molecule has 1 aromatic carbocycles. The minimum absolute atomic E-state index is 0.0853. The molecule has 1 saturated carbocycles. The first-order valence-corrected chi connectivity index (χ1v) is 6.52. The molecule has 0 spiro atoms. The summed E-state index contributed by atoms with van der Waals surface area (Å²) in [6.07, 6.45) is -3.07. The third-order valence-electron chi connectivity index (χ3n) is 3.48. The van der Waals surface area contributed by atoms with Gasteiger partial charge in [0.25, 0.3) is 0 Å². The fourth-order valence-electron chi connectivity index (χ4n) is 2.39. The average Bonchev–Trinajstić information content (AvgIpc) is 2.33. The van der Waals surface area contributed by atoms with E-state index >= 15 is 0 Å². The standard InChI is InChI=1S/C13H14ClF4N/c14-11-6-3-9(15)7-12(11)19-10-4-1-8(2-5-10)13(16,17)18/h3,6-8,10,19H,1-2,4-5H2. The van der Waals surface area contributed by atoms with Gasteiger partial charge in [-0.25, -0.2) is 4.39 Å². The Labute approximate surface area is 113 Å². The summed E-state index contributed by atoms with van der Waals surface area (Å²) in [5.74, 6) is -1.63. The minimum Gasteiger partial charge on any atom is -0.381 e. The van der Waals surface area contributed by atoms with E-state index in [0.717, 1.165) is 0 Å². The fraction of sp³-hybridized carbons (Fsp3) is 0.538. The smallest absolute Gasteiger partial charge is 0.381 e. The molecule has 1 aliphatic rings. The molecule has 19 heavy (non-hydrogen) atoms. The number of anilines is 1. The highest BCUT2D eigenvalue weighted by Crippen LogP contribution is 2.38. The van der Waals surface area contributed by atoms with Crippen molar-refractivity contribution in [3.63, 3.8) is 0 Å². The Morgan fingerprint density at radius 3 is 2.32 bits per heavy atom. The van der Waals surface area contributed by atoms with Crippen molar-refractivity contribution in [3.8, 4) is 0 Å². The summed E-state index contributed by atoms with van der Waals surface area (Å²) in [5.41, 5.74) is 0.442. The second kappa shape index (κ2) is 5.57. The van der Waals surface area contributed by atoms with Gasteiger partial charge >= 0.3 is 6.18 Å². The van der Waals surface area contributed by atoms with Gasteiger partial charge in [-0.2, -0.15) is 13.2 Å². The Morgan fingerprint density at radius 2 is 1.74 bits per heavy atom. The molecule has 1 nitrogen and oxygen atoms in total. The highest BCUT2D eigenvalue weighted by Gasteiger charge is 2.41. The van der Waals surface area contributed by atoms with Gasteiger partial charge in [-0.3, -0.25) is 0 Å². The van der Waals surface area contributed by atoms with Gasteiger partial charge in [0, 0.05) is 6.04 Å². The minimum atomic E-state index is -4.11. The maximum absolute atomic E-state index is 13.1. The van der Waals surface area contributed by atoms with E-state index in [1.807, 2.05) is 0 Å². The SMILES string of the molecule is Fc1ccc(Cl)c(NC2CCC(C(F)(F)F)CC2)c1. The van der Waals surface area contributed by atoms with Crippen LogP contribution in [0.4, 0.5) is 23.2 Å². The van der Waals surface area contributed by atoms with Crippen LogP contribution in [0.25, 0.3) is 0 Å². The molecule has 1 aromatic rings. The van der Waals surface area contributed by atoms with Crippen molar-refractivity contribution in [2.24, 2.45) is 5.92 Å². The number of hydrogen-bond donors (Lipinski definition) is 1. The van der Waals surface area contributed by atoms with E-state index in [0.29, 0.717) is 23.6 Å². The van der Waals surface area contributed by atoms with Crippen LogP contribution in [0.1, 0.15) is 25.7 Å². The average molecular weight is 296 g/mol. The Hall–Kier alpha value is -0.970. The molecular weight excluding hydrogens is 282 g/mol. The van der Waals surface area contributed by atoms with E-state index in [1.54, 1.807) is 0 Å². The summed E-state index contributed by atoms with van der Waals surface area (Å²) in [6.45, 7) is 0. The molecule has 1 N–H and O–H groups in total. The zero-order chi connectivity index (χ0) is 14.0. The Kier molecular flexibility index (Phi) is 4.23. The molecule has 0 radical (unpaired) electrons. The normalized spacial score (nSPS) is 24.3. The maximum atomic E-state index is 13.1. The number of hydrogen-bond acceptors (Lipinski definition) is 1. The van der Waals surface area contributed by atoms with Crippen LogP contribution in [0.5, 0.6) is 0 Å². The lowest BCUT2D eigenvalue weighted by Crippen LogP contribution is -2.32. The third kappa shape index (κ3) is 3.75. The molecule has 6 heteroatoms. The van der Waals surface area contributed by atoms with E-state index in [-0.39, 0.29) is 18.9 Å². The summed E-state index contributed by atoms with van der Waals surface area (Å²) in [6, 6.07) is 3.85. The van der Waals surface area contributed by atoms with Crippen LogP contribution in [-0.2, 0) is 0 Å². The molecule has 0 saturated heterocycles. The summed E-state index contributed by atoms with van der Waals surface area (Å²) >= 11 is 5.91. The van der Waals surface area contributed by atoms with Crippen LogP contribution in [-0.4, -0.2) is 12.2 Å². The molecule has 0 unspecified atom stereocenters. The maximum Gasteiger partial charge on any atom is 0.391 e. The van der Waals surface area contributed by atoms with E-state index < -0.39 is 17.9 Å². The van der Waals surface area contributed by atoms with Crippen LogP contribution in [0.3, 0.4) is 0 Å². The lowest BCUT2D eigenvalue weighted by atomic mass is 9.85. The van der Waals surface area contributed by atoms with Crippen LogP contribution >= 0.6 is 11.6 Å². The molecule has 106 valence electrons. The lowest BCUT2D eigenvalue weighted by Gasteiger charge is -2.31. The monoisotopic (exact) mass is 295 g/mol. The Balaban J connectivity index is 1.94. The molecule has 1 fully saturated rings. The zero-order valence-electron chi connectivity index (χ0n) is 10.1. The van der Waals surface area contributed by atoms with Gasteiger partial charge in [0.2, 0.25) is 0 Å². The molecule has 0 heterocycles. The number of benzene rings is 1. The Morgan fingerprint density at radius 1 is 1.11 bits per heavy atom. The molecule has 0 bridgehead atoms. The van der Waals surface area contributed by atoms with Gasteiger partial charge in [0.05, 0.1) is 16.6 Å². The summed E-state index contributed by atoms with van der Waals surface area (Å²) in [5, 5.41) is 3.40. The number of halogens is 5. The first-order valence-electron chi connectivity index (χ1n) is 6.14. The summed E-state index contributed by atoms with van der Waals surface area (Å²) in [7, 11) is 0. The van der Waals surface area contributed by atoms with Crippen molar-refractivity contribution in [1.29, 1.82) is 0 Å².